The van der Waals surface area contributed by atoms with Gasteiger partial charge in [-0.25, -0.2) is 4.98 Å². The third-order valence-electron chi connectivity index (χ3n) is 2.21. The zero-order chi connectivity index (χ0) is 13.0. The van der Waals surface area contributed by atoms with Gasteiger partial charge < -0.3 is 5.32 Å². The van der Waals surface area contributed by atoms with Gasteiger partial charge in [-0.3, -0.25) is 4.79 Å². The number of benzene rings is 1. The fourth-order valence-corrected chi connectivity index (χ4v) is 1.75. The highest BCUT2D eigenvalue weighted by Gasteiger charge is 2.07. The van der Waals surface area contributed by atoms with Gasteiger partial charge in [-0.1, -0.05) is 22.0 Å². The molecular weight excluding hydrogens is 294 g/mol. The Morgan fingerprint density at radius 3 is 2.78 bits per heavy atom. The number of nitrogens with one attached hydrogen (secondary N) is 1. The lowest BCUT2D eigenvalue weighted by molar-refractivity contribution is 0.102. The van der Waals surface area contributed by atoms with Crippen molar-refractivity contribution in [3.63, 3.8) is 0 Å². The van der Waals surface area contributed by atoms with Crippen LogP contribution in [0.3, 0.4) is 0 Å². The molecule has 1 heterocycles. The van der Waals surface area contributed by atoms with Crippen molar-refractivity contribution in [3.05, 3.63) is 58.3 Å². The minimum atomic E-state index is -0.308. The van der Waals surface area contributed by atoms with Gasteiger partial charge in [0.25, 0.3) is 5.91 Å². The summed E-state index contributed by atoms with van der Waals surface area (Å²) in [4.78, 5) is 15.8. The number of carbonyl (C=O) groups excluding carboxylic acids is 1. The number of hydrogen-bond acceptors (Lipinski definition) is 3. The summed E-state index contributed by atoms with van der Waals surface area (Å²) in [5.74, 6) is -0.308. The maximum Gasteiger partial charge on any atom is 0.274 e. The first-order chi connectivity index (χ1) is 8.69. The molecule has 1 aromatic heterocycles. The number of amides is 1. The van der Waals surface area contributed by atoms with E-state index in [1.54, 1.807) is 18.2 Å². The summed E-state index contributed by atoms with van der Waals surface area (Å²) in [6.07, 6.45) is 1.37. The standard InChI is InChI=1S/C13H8BrN3O/c14-10-2-1-3-11(6-10)17-13(18)12-5-4-9(7-15)8-16-12/h1-6,8H,(H,17,18). The van der Waals surface area contributed by atoms with Crippen molar-refractivity contribution in [2.45, 2.75) is 0 Å². The van der Waals surface area contributed by atoms with E-state index >= 15 is 0 Å². The molecule has 0 unspecified atom stereocenters. The second-order valence-electron chi connectivity index (χ2n) is 3.51. The predicted octanol–water partition coefficient (Wildman–Crippen LogP) is 2.97. The van der Waals surface area contributed by atoms with Crippen LogP contribution in [-0.4, -0.2) is 10.9 Å². The van der Waals surface area contributed by atoms with Crippen molar-refractivity contribution in [1.82, 2.24) is 4.98 Å². The molecule has 0 radical (unpaired) electrons. The number of rotatable bonds is 2. The fraction of sp³-hybridized carbons (Fsp3) is 0. The van der Waals surface area contributed by atoms with Crippen LogP contribution < -0.4 is 5.32 Å². The highest BCUT2D eigenvalue weighted by atomic mass is 79.9. The van der Waals surface area contributed by atoms with Crippen molar-refractivity contribution in [3.8, 4) is 6.07 Å². The highest BCUT2D eigenvalue weighted by Crippen LogP contribution is 2.16. The van der Waals surface area contributed by atoms with E-state index in [1.165, 1.54) is 12.3 Å². The smallest absolute Gasteiger partial charge is 0.274 e. The lowest BCUT2D eigenvalue weighted by Gasteiger charge is -2.04. The molecule has 1 aromatic carbocycles. The molecule has 88 valence electrons. The number of aromatic nitrogens is 1. The molecule has 1 amide bonds. The molecule has 1 N–H and O–H groups in total. The second kappa shape index (κ2) is 5.43. The van der Waals surface area contributed by atoms with Gasteiger partial charge in [0.1, 0.15) is 11.8 Å². The molecule has 2 rings (SSSR count). The summed E-state index contributed by atoms with van der Waals surface area (Å²) in [7, 11) is 0. The molecule has 0 saturated carbocycles. The van der Waals surface area contributed by atoms with E-state index in [-0.39, 0.29) is 11.6 Å². The van der Waals surface area contributed by atoms with Crippen LogP contribution in [0.5, 0.6) is 0 Å². The molecule has 5 heteroatoms. The van der Waals surface area contributed by atoms with Crippen LogP contribution in [0, 0.1) is 11.3 Å². The molecule has 0 saturated heterocycles. The molecule has 18 heavy (non-hydrogen) atoms. The Hall–Kier alpha value is -2.19. The quantitative estimate of drug-likeness (QED) is 0.927. The van der Waals surface area contributed by atoms with E-state index in [4.69, 9.17) is 5.26 Å². The highest BCUT2D eigenvalue weighted by molar-refractivity contribution is 9.10. The first-order valence-corrected chi connectivity index (χ1v) is 5.91. The number of halogens is 1. The molecule has 0 fully saturated rings. The molecule has 0 aliphatic heterocycles. The average Bonchev–Trinajstić information content (AvgIpc) is 2.39. The SMILES string of the molecule is N#Cc1ccc(C(=O)Nc2cccc(Br)c2)nc1. The van der Waals surface area contributed by atoms with Crippen LogP contribution >= 0.6 is 15.9 Å². The van der Waals surface area contributed by atoms with E-state index < -0.39 is 0 Å². The molecule has 0 aliphatic rings. The summed E-state index contributed by atoms with van der Waals surface area (Å²) in [6, 6.07) is 12.3. The maximum atomic E-state index is 11.9. The number of nitrogens with zero attached hydrogens (tertiary/aromatic N) is 2. The predicted molar refractivity (Wildman–Crippen MR) is 71.0 cm³/mol. The van der Waals surface area contributed by atoms with Gasteiger partial charge in [-0.15, -0.1) is 0 Å². The lowest BCUT2D eigenvalue weighted by atomic mass is 10.2. The normalized spacial score (nSPS) is 9.56. The summed E-state index contributed by atoms with van der Waals surface area (Å²) < 4.78 is 0.882. The number of pyridine rings is 1. The van der Waals surface area contributed by atoms with Crippen LogP contribution in [0.1, 0.15) is 16.1 Å². The van der Waals surface area contributed by atoms with Crippen LogP contribution in [0.15, 0.2) is 47.1 Å². The molecule has 2 aromatic rings. The molecule has 0 atom stereocenters. The topological polar surface area (TPSA) is 65.8 Å². The number of hydrogen-bond donors (Lipinski definition) is 1. The van der Waals surface area contributed by atoms with Crippen LogP contribution in [0.25, 0.3) is 0 Å². The van der Waals surface area contributed by atoms with E-state index in [1.807, 2.05) is 18.2 Å². The van der Waals surface area contributed by atoms with Gasteiger partial charge >= 0.3 is 0 Å². The summed E-state index contributed by atoms with van der Waals surface area (Å²) in [5.41, 5.74) is 1.38. The summed E-state index contributed by atoms with van der Waals surface area (Å²) in [6.45, 7) is 0. The molecule has 0 spiro atoms. The molecule has 0 aliphatic carbocycles. The first-order valence-electron chi connectivity index (χ1n) is 5.12. The minimum absolute atomic E-state index is 0.272. The van der Waals surface area contributed by atoms with E-state index in [0.717, 1.165) is 4.47 Å². The largest absolute Gasteiger partial charge is 0.321 e. The van der Waals surface area contributed by atoms with E-state index in [9.17, 15) is 4.79 Å². The van der Waals surface area contributed by atoms with E-state index in [0.29, 0.717) is 11.3 Å². The zero-order valence-corrected chi connectivity index (χ0v) is 10.8. The van der Waals surface area contributed by atoms with Crippen molar-refractivity contribution >= 4 is 27.5 Å². The molecular formula is C13H8BrN3O. The van der Waals surface area contributed by atoms with E-state index in [2.05, 4.69) is 26.2 Å². The Morgan fingerprint density at radius 1 is 1.33 bits per heavy atom. The van der Waals surface area contributed by atoms with Gasteiger partial charge in [0.2, 0.25) is 0 Å². The van der Waals surface area contributed by atoms with Crippen molar-refractivity contribution in [2.75, 3.05) is 5.32 Å². The van der Waals surface area contributed by atoms with Gasteiger partial charge in [0.15, 0.2) is 0 Å². The number of carbonyl (C=O) groups is 1. The molecule has 4 nitrogen and oxygen atoms in total. The Balaban J connectivity index is 2.14. The zero-order valence-electron chi connectivity index (χ0n) is 9.22. The number of nitriles is 1. The third kappa shape index (κ3) is 2.93. The monoisotopic (exact) mass is 301 g/mol. The number of anilines is 1. The summed E-state index contributed by atoms with van der Waals surface area (Å²) in [5, 5.41) is 11.4. The Labute approximate surface area is 112 Å². The average molecular weight is 302 g/mol. The lowest BCUT2D eigenvalue weighted by Crippen LogP contribution is -2.13. The van der Waals surface area contributed by atoms with Gasteiger partial charge in [0.05, 0.1) is 5.56 Å². The van der Waals surface area contributed by atoms with Gasteiger partial charge in [0, 0.05) is 16.4 Å². The fourth-order valence-electron chi connectivity index (χ4n) is 1.36. The Bertz CT molecular complexity index is 617. The van der Waals surface area contributed by atoms with Crippen LogP contribution in [0.4, 0.5) is 5.69 Å². The van der Waals surface area contributed by atoms with Crippen molar-refractivity contribution in [2.24, 2.45) is 0 Å². The van der Waals surface area contributed by atoms with Crippen molar-refractivity contribution < 1.29 is 4.79 Å². The maximum absolute atomic E-state index is 11.9. The third-order valence-corrected chi connectivity index (χ3v) is 2.70. The Kier molecular flexibility index (Phi) is 3.70. The second-order valence-corrected chi connectivity index (χ2v) is 4.42. The first kappa shape index (κ1) is 12.3. The van der Waals surface area contributed by atoms with Crippen LogP contribution in [0.2, 0.25) is 0 Å². The minimum Gasteiger partial charge on any atom is -0.321 e. The van der Waals surface area contributed by atoms with Crippen LogP contribution in [-0.2, 0) is 0 Å². The van der Waals surface area contributed by atoms with Gasteiger partial charge in [-0.05, 0) is 30.3 Å². The molecule has 0 bridgehead atoms. The van der Waals surface area contributed by atoms with Crippen molar-refractivity contribution in [1.29, 1.82) is 5.26 Å². The summed E-state index contributed by atoms with van der Waals surface area (Å²) >= 11 is 3.32. The Morgan fingerprint density at radius 2 is 2.17 bits per heavy atom. The van der Waals surface area contributed by atoms with Gasteiger partial charge in [-0.2, -0.15) is 5.26 Å².